The van der Waals surface area contributed by atoms with E-state index in [0.29, 0.717) is 6.54 Å². The molecule has 0 bridgehead atoms. The molecule has 126 valence electrons. The lowest BCUT2D eigenvalue weighted by Crippen LogP contribution is -2.40. The molecule has 0 saturated carbocycles. The van der Waals surface area contributed by atoms with E-state index in [-0.39, 0.29) is 28.8 Å². The van der Waals surface area contributed by atoms with Crippen LogP contribution in [0, 0.1) is 5.82 Å². The van der Waals surface area contributed by atoms with Crippen LogP contribution < -0.4 is 0 Å². The Morgan fingerprint density at radius 1 is 1.39 bits per heavy atom. The van der Waals surface area contributed by atoms with E-state index in [1.54, 1.807) is 25.7 Å². The predicted octanol–water partition coefficient (Wildman–Crippen LogP) is 4.45. The van der Waals surface area contributed by atoms with Crippen molar-refractivity contribution in [3.63, 3.8) is 0 Å². The van der Waals surface area contributed by atoms with Crippen molar-refractivity contribution in [1.29, 1.82) is 0 Å². The number of hydrogen-bond donors (Lipinski definition) is 0. The number of amides is 1. The van der Waals surface area contributed by atoms with Crippen LogP contribution in [0.5, 0.6) is 0 Å². The Balaban J connectivity index is 2.06. The zero-order valence-corrected chi connectivity index (χ0v) is 14.3. The third kappa shape index (κ3) is 4.67. The molecule has 23 heavy (non-hydrogen) atoms. The van der Waals surface area contributed by atoms with E-state index in [1.165, 1.54) is 12.1 Å². The van der Waals surface area contributed by atoms with Gasteiger partial charge in [0.1, 0.15) is 11.4 Å². The molecule has 0 N–H and O–H groups in total. The van der Waals surface area contributed by atoms with Crippen LogP contribution in [-0.2, 0) is 4.74 Å². The number of benzene rings is 1. The standard InChI is InChI=1S/C17H21ClFNO3/c1-17(2,3)23-16(22)20-8-4-5-12(20)10-15(21)13-7-6-11(19)9-14(13)18/h6-7,9,12H,4-5,8,10H2,1-3H3. The van der Waals surface area contributed by atoms with Crippen molar-refractivity contribution in [2.24, 2.45) is 0 Å². The van der Waals surface area contributed by atoms with Crippen LogP contribution in [0.25, 0.3) is 0 Å². The van der Waals surface area contributed by atoms with Crippen molar-refractivity contribution in [2.45, 2.75) is 51.7 Å². The fourth-order valence-electron chi connectivity index (χ4n) is 2.65. The van der Waals surface area contributed by atoms with Gasteiger partial charge >= 0.3 is 6.09 Å². The minimum Gasteiger partial charge on any atom is -0.444 e. The Morgan fingerprint density at radius 3 is 2.70 bits per heavy atom. The summed E-state index contributed by atoms with van der Waals surface area (Å²) in [6.45, 7) is 5.99. The minimum absolute atomic E-state index is 0.0943. The largest absolute Gasteiger partial charge is 0.444 e. The molecule has 2 rings (SSSR count). The van der Waals surface area contributed by atoms with Crippen molar-refractivity contribution < 1.29 is 18.7 Å². The first-order chi connectivity index (χ1) is 10.7. The number of ketones is 1. The third-order valence-electron chi connectivity index (χ3n) is 3.66. The van der Waals surface area contributed by atoms with Gasteiger partial charge in [0.05, 0.1) is 5.02 Å². The van der Waals surface area contributed by atoms with Crippen molar-refractivity contribution >= 4 is 23.5 Å². The zero-order valence-electron chi connectivity index (χ0n) is 13.6. The average molecular weight is 342 g/mol. The van der Waals surface area contributed by atoms with Crippen LogP contribution >= 0.6 is 11.6 Å². The smallest absolute Gasteiger partial charge is 0.410 e. The van der Waals surface area contributed by atoms with Gasteiger partial charge < -0.3 is 9.64 Å². The lowest BCUT2D eigenvalue weighted by atomic mass is 10.0. The zero-order chi connectivity index (χ0) is 17.2. The summed E-state index contributed by atoms with van der Waals surface area (Å²) in [6, 6.07) is 3.50. The Bertz CT molecular complexity index is 612. The molecule has 1 aliphatic rings. The number of carbonyl (C=O) groups excluding carboxylic acids is 2. The van der Waals surface area contributed by atoms with Gasteiger partial charge in [-0.2, -0.15) is 0 Å². The van der Waals surface area contributed by atoms with Gasteiger partial charge in [0.25, 0.3) is 0 Å². The van der Waals surface area contributed by atoms with Crippen LogP contribution in [0.3, 0.4) is 0 Å². The van der Waals surface area contributed by atoms with Gasteiger partial charge in [-0.05, 0) is 51.8 Å². The van der Waals surface area contributed by atoms with Gasteiger partial charge in [0.15, 0.2) is 5.78 Å². The van der Waals surface area contributed by atoms with Crippen molar-refractivity contribution in [3.8, 4) is 0 Å². The maximum absolute atomic E-state index is 13.1. The Hall–Kier alpha value is -1.62. The van der Waals surface area contributed by atoms with Crippen molar-refractivity contribution in [3.05, 3.63) is 34.6 Å². The maximum atomic E-state index is 13.1. The predicted molar refractivity (Wildman–Crippen MR) is 86.3 cm³/mol. The van der Waals surface area contributed by atoms with Gasteiger partial charge in [-0.15, -0.1) is 0 Å². The topological polar surface area (TPSA) is 46.6 Å². The Morgan fingerprint density at radius 2 is 2.09 bits per heavy atom. The Kier molecular flexibility index (Phi) is 5.30. The van der Waals surface area contributed by atoms with E-state index in [2.05, 4.69) is 0 Å². The highest BCUT2D eigenvalue weighted by Crippen LogP contribution is 2.26. The molecule has 0 radical (unpaired) electrons. The summed E-state index contributed by atoms with van der Waals surface area (Å²) in [4.78, 5) is 26.2. The van der Waals surface area contributed by atoms with Crippen LogP contribution in [0.1, 0.15) is 50.4 Å². The van der Waals surface area contributed by atoms with Crippen LogP contribution in [0.15, 0.2) is 18.2 Å². The molecule has 1 atom stereocenters. The number of carbonyl (C=O) groups is 2. The third-order valence-corrected chi connectivity index (χ3v) is 3.97. The molecule has 1 saturated heterocycles. The van der Waals surface area contributed by atoms with E-state index in [4.69, 9.17) is 16.3 Å². The SMILES string of the molecule is CC(C)(C)OC(=O)N1CCCC1CC(=O)c1ccc(F)cc1Cl. The number of rotatable bonds is 3. The quantitative estimate of drug-likeness (QED) is 0.763. The number of likely N-dealkylation sites (tertiary alicyclic amines) is 1. The summed E-state index contributed by atoms with van der Waals surface area (Å²) >= 11 is 5.93. The monoisotopic (exact) mass is 341 g/mol. The van der Waals surface area contributed by atoms with Crippen molar-refractivity contribution in [1.82, 2.24) is 4.90 Å². The number of ether oxygens (including phenoxy) is 1. The van der Waals surface area contributed by atoms with Gasteiger partial charge in [0, 0.05) is 24.6 Å². The molecule has 1 aliphatic heterocycles. The molecular weight excluding hydrogens is 321 g/mol. The molecule has 4 nitrogen and oxygen atoms in total. The molecule has 0 spiro atoms. The van der Waals surface area contributed by atoms with Gasteiger partial charge in [-0.3, -0.25) is 4.79 Å². The molecule has 0 aliphatic carbocycles. The van der Waals surface area contributed by atoms with E-state index in [1.807, 2.05) is 0 Å². The van der Waals surface area contributed by atoms with Crippen LogP contribution in [0.2, 0.25) is 5.02 Å². The second-order valence-electron chi connectivity index (χ2n) is 6.72. The molecule has 6 heteroatoms. The molecule has 0 aromatic heterocycles. The highest BCUT2D eigenvalue weighted by atomic mass is 35.5. The van der Waals surface area contributed by atoms with Crippen LogP contribution in [-0.4, -0.2) is 35.0 Å². The second kappa shape index (κ2) is 6.87. The first kappa shape index (κ1) is 17.7. The number of nitrogens with zero attached hydrogens (tertiary/aromatic N) is 1. The normalized spacial score (nSPS) is 18.1. The highest BCUT2D eigenvalue weighted by Gasteiger charge is 2.33. The maximum Gasteiger partial charge on any atom is 0.410 e. The van der Waals surface area contributed by atoms with E-state index in [9.17, 15) is 14.0 Å². The fraction of sp³-hybridized carbons (Fsp3) is 0.529. The summed E-state index contributed by atoms with van der Waals surface area (Å²) in [5.74, 6) is -0.682. The summed E-state index contributed by atoms with van der Waals surface area (Å²) in [7, 11) is 0. The van der Waals surface area contributed by atoms with Crippen LogP contribution in [0.4, 0.5) is 9.18 Å². The van der Waals surface area contributed by atoms with E-state index >= 15 is 0 Å². The summed E-state index contributed by atoms with van der Waals surface area (Å²) in [5.41, 5.74) is -0.293. The molecule has 1 unspecified atom stereocenters. The molecular formula is C17H21ClFNO3. The summed E-state index contributed by atoms with van der Waals surface area (Å²) < 4.78 is 18.5. The molecule has 1 aromatic carbocycles. The van der Waals surface area contributed by atoms with Gasteiger partial charge in [-0.1, -0.05) is 11.6 Å². The average Bonchev–Trinajstić information content (AvgIpc) is 2.84. The number of hydrogen-bond acceptors (Lipinski definition) is 3. The molecule has 1 heterocycles. The Labute approximate surface area is 140 Å². The van der Waals surface area contributed by atoms with E-state index in [0.717, 1.165) is 18.9 Å². The van der Waals surface area contributed by atoms with Gasteiger partial charge in [0.2, 0.25) is 0 Å². The van der Waals surface area contributed by atoms with E-state index < -0.39 is 17.5 Å². The van der Waals surface area contributed by atoms with Crippen molar-refractivity contribution in [2.75, 3.05) is 6.54 Å². The number of halogens is 2. The summed E-state index contributed by atoms with van der Waals surface area (Å²) in [5, 5.41) is 0.0943. The first-order valence-electron chi connectivity index (χ1n) is 7.65. The molecule has 1 amide bonds. The lowest BCUT2D eigenvalue weighted by Gasteiger charge is -2.28. The molecule has 1 aromatic rings. The minimum atomic E-state index is -0.575. The second-order valence-corrected chi connectivity index (χ2v) is 7.13. The summed E-state index contributed by atoms with van der Waals surface area (Å²) in [6.07, 6.45) is 1.32. The molecule has 1 fully saturated rings. The fourth-order valence-corrected chi connectivity index (χ4v) is 2.92. The number of Topliss-reactive ketones (excluding diaryl/α,β-unsaturated/α-hetero) is 1. The van der Waals surface area contributed by atoms with Gasteiger partial charge in [-0.25, -0.2) is 9.18 Å². The first-order valence-corrected chi connectivity index (χ1v) is 8.03. The lowest BCUT2D eigenvalue weighted by molar-refractivity contribution is 0.0223. The highest BCUT2D eigenvalue weighted by molar-refractivity contribution is 6.34.